The number of hydrogen-bond acceptors (Lipinski definition) is 6. The van der Waals surface area contributed by atoms with Crippen LogP contribution in [0.4, 0.5) is 0 Å². The molecule has 1 aromatic rings. The zero-order valence-electron chi connectivity index (χ0n) is 10.2. The van der Waals surface area contributed by atoms with E-state index in [0.29, 0.717) is 11.3 Å². The number of ether oxygens (including phenoxy) is 1. The fourth-order valence-electron chi connectivity index (χ4n) is 1.16. The third kappa shape index (κ3) is 4.66. The van der Waals surface area contributed by atoms with Gasteiger partial charge in [0, 0.05) is 0 Å². The van der Waals surface area contributed by atoms with Gasteiger partial charge in [-0.1, -0.05) is 12.1 Å². The van der Waals surface area contributed by atoms with E-state index in [-0.39, 0.29) is 12.8 Å². The summed E-state index contributed by atoms with van der Waals surface area (Å²) in [4.78, 5) is 11.8. The molecule has 18 heavy (non-hydrogen) atoms. The second-order valence-corrected chi connectivity index (χ2v) is 5.34. The Labute approximate surface area is 112 Å². The van der Waals surface area contributed by atoms with Crippen LogP contribution in [-0.2, 0) is 21.1 Å². The Bertz CT molecular complexity index is 439. The summed E-state index contributed by atoms with van der Waals surface area (Å²) in [5, 5.41) is 0. The van der Waals surface area contributed by atoms with Crippen molar-refractivity contribution in [2.75, 3.05) is 6.73 Å². The van der Waals surface area contributed by atoms with Crippen molar-refractivity contribution in [3.05, 3.63) is 29.8 Å². The molecular formula is C11H15NO4PS+. The molecule has 98 valence electrons. The Hall–Kier alpha value is -1.07. The Balaban J connectivity index is 2.85. The highest BCUT2D eigenvalue weighted by atomic mass is 32.4. The maximum absolute atomic E-state index is 11.8. The van der Waals surface area contributed by atoms with Gasteiger partial charge in [0.15, 0.2) is 6.73 Å². The van der Waals surface area contributed by atoms with Crippen molar-refractivity contribution in [2.24, 2.45) is 5.73 Å². The van der Waals surface area contributed by atoms with Gasteiger partial charge in [0.1, 0.15) is 5.56 Å². The Kier molecular flexibility index (Phi) is 6.15. The van der Waals surface area contributed by atoms with Crippen LogP contribution in [0.25, 0.3) is 0 Å². The molecule has 1 atom stereocenters. The first-order chi connectivity index (χ1) is 8.54. The maximum atomic E-state index is 11.8. The highest BCUT2D eigenvalue weighted by Gasteiger charge is 2.22. The first-order valence-corrected chi connectivity index (χ1v) is 7.52. The average molecular weight is 288 g/mol. The zero-order chi connectivity index (χ0) is 13.5. The van der Waals surface area contributed by atoms with Crippen LogP contribution in [0.15, 0.2) is 24.3 Å². The number of benzene rings is 1. The summed E-state index contributed by atoms with van der Waals surface area (Å²) >= 11 is 4.94. The predicted molar refractivity (Wildman–Crippen MR) is 72.0 cm³/mol. The van der Waals surface area contributed by atoms with Crippen molar-refractivity contribution in [1.29, 1.82) is 0 Å². The molecule has 7 heteroatoms. The third-order valence-corrected chi connectivity index (χ3v) is 3.05. The first kappa shape index (κ1) is 15.0. The summed E-state index contributed by atoms with van der Waals surface area (Å²) in [6.07, 6.45) is -0.198. The molecule has 1 rings (SSSR count). The third-order valence-electron chi connectivity index (χ3n) is 1.80. The fraction of sp³-hybridized carbons (Fsp3) is 0.364. The number of carbonyl (C=O) groups excluding carboxylic acids is 1. The molecule has 0 spiro atoms. The van der Waals surface area contributed by atoms with Crippen LogP contribution >= 0.6 is 7.15 Å². The summed E-state index contributed by atoms with van der Waals surface area (Å²) in [6, 6.07) is 6.71. The molecule has 1 unspecified atom stereocenters. The van der Waals surface area contributed by atoms with Crippen LogP contribution in [0.2, 0.25) is 0 Å². The first-order valence-electron chi connectivity index (χ1n) is 5.32. The monoisotopic (exact) mass is 288 g/mol. The van der Waals surface area contributed by atoms with Gasteiger partial charge >= 0.3 is 13.1 Å². The van der Waals surface area contributed by atoms with Crippen molar-refractivity contribution in [3.8, 4) is 5.75 Å². The standard InChI is InChI=1S/C11H15NO4PS/c1-8(2)15-11(13)9-5-3-4-6-10(9)16-17(18)14-7-12/h3-6,8H,7,12H2,1-2H3/q+1. The van der Waals surface area contributed by atoms with Gasteiger partial charge in [0.05, 0.1) is 6.10 Å². The minimum atomic E-state index is -1.57. The molecule has 0 aromatic heterocycles. The number of rotatable bonds is 6. The zero-order valence-corrected chi connectivity index (χ0v) is 11.9. The van der Waals surface area contributed by atoms with Crippen LogP contribution in [-0.4, -0.2) is 18.8 Å². The lowest BCUT2D eigenvalue weighted by Crippen LogP contribution is -2.12. The van der Waals surface area contributed by atoms with Crippen molar-refractivity contribution >= 4 is 24.9 Å². The Morgan fingerprint density at radius 1 is 1.44 bits per heavy atom. The smallest absolute Gasteiger partial charge is 0.459 e. The van der Waals surface area contributed by atoms with Gasteiger partial charge in [-0.2, -0.15) is 0 Å². The molecule has 5 nitrogen and oxygen atoms in total. The van der Waals surface area contributed by atoms with Gasteiger partial charge in [-0.05, 0) is 26.0 Å². The second-order valence-electron chi connectivity index (χ2n) is 3.56. The van der Waals surface area contributed by atoms with E-state index in [1.807, 2.05) is 0 Å². The number of nitrogens with two attached hydrogens (primary N) is 1. The SMILES string of the molecule is CC(C)OC(=O)c1ccccc1O[P+](=S)OCN. The van der Waals surface area contributed by atoms with Crippen LogP contribution in [0.3, 0.4) is 0 Å². The molecule has 1 aromatic carbocycles. The van der Waals surface area contributed by atoms with Gasteiger partial charge in [0.25, 0.3) is 0 Å². The topological polar surface area (TPSA) is 70.8 Å². The number of para-hydroxylation sites is 1. The lowest BCUT2D eigenvalue weighted by Gasteiger charge is -2.08. The molecule has 0 aliphatic heterocycles. The van der Waals surface area contributed by atoms with Crippen molar-refractivity contribution < 1.29 is 18.6 Å². The van der Waals surface area contributed by atoms with Gasteiger partial charge < -0.3 is 10.5 Å². The Morgan fingerprint density at radius 3 is 2.72 bits per heavy atom. The molecule has 0 amide bonds. The highest BCUT2D eigenvalue weighted by Crippen LogP contribution is 2.30. The molecule has 0 aliphatic carbocycles. The molecule has 2 N–H and O–H groups in total. The molecule has 0 saturated heterocycles. The Morgan fingerprint density at radius 2 is 2.11 bits per heavy atom. The molecule has 0 heterocycles. The summed E-state index contributed by atoms with van der Waals surface area (Å²) in [5.41, 5.74) is 5.53. The largest absolute Gasteiger partial charge is 0.575 e. The van der Waals surface area contributed by atoms with E-state index in [0.717, 1.165) is 0 Å². The van der Waals surface area contributed by atoms with Gasteiger partial charge in [0.2, 0.25) is 17.6 Å². The van der Waals surface area contributed by atoms with E-state index >= 15 is 0 Å². The predicted octanol–water partition coefficient (Wildman–Crippen LogP) is 2.34. The summed E-state index contributed by atoms with van der Waals surface area (Å²) in [6.45, 7) is 3.53. The lowest BCUT2D eigenvalue weighted by atomic mass is 10.2. The van der Waals surface area contributed by atoms with Gasteiger partial charge in [-0.15, -0.1) is 4.52 Å². The second kappa shape index (κ2) is 7.38. The maximum Gasteiger partial charge on any atom is 0.575 e. The molecular weight excluding hydrogens is 273 g/mol. The number of hydrogen-bond donors (Lipinski definition) is 1. The lowest BCUT2D eigenvalue weighted by molar-refractivity contribution is 0.0376. The molecule has 0 radical (unpaired) electrons. The van der Waals surface area contributed by atoms with Crippen LogP contribution in [0.5, 0.6) is 5.75 Å². The van der Waals surface area contributed by atoms with Crippen LogP contribution in [0.1, 0.15) is 24.2 Å². The summed E-state index contributed by atoms with van der Waals surface area (Å²) < 4.78 is 15.4. The van der Waals surface area contributed by atoms with Crippen LogP contribution in [0, 0.1) is 0 Å². The summed E-state index contributed by atoms with van der Waals surface area (Å²) in [7, 11) is -1.57. The van der Waals surface area contributed by atoms with E-state index in [1.54, 1.807) is 38.1 Å². The fourth-order valence-corrected chi connectivity index (χ4v) is 2.08. The van der Waals surface area contributed by atoms with E-state index in [4.69, 9.17) is 31.3 Å². The molecule has 0 saturated carbocycles. The van der Waals surface area contributed by atoms with E-state index in [9.17, 15) is 4.79 Å². The van der Waals surface area contributed by atoms with Gasteiger partial charge in [-0.25, -0.2) is 9.32 Å². The summed E-state index contributed by atoms with van der Waals surface area (Å²) in [5.74, 6) is -0.107. The van der Waals surface area contributed by atoms with E-state index < -0.39 is 13.1 Å². The number of esters is 1. The molecule has 0 aliphatic rings. The van der Waals surface area contributed by atoms with E-state index in [1.165, 1.54) is 0 Å². The van der Waals surface area contributed by atoms with Crippen molar-refractivity contribution in [2.45, 2.75) is 20.0 Å². The quantitative estimate of drug-likeness (QED) is 0.492. The van der Waals surface area contributed by atoms with Gasteiger partial charge in [-0.3, -0.25) is 0 Å². The van der Waals surface area contributed by atoms with E-state index in [2.05, 4.69) is 0 Å². The highest BCUT2D eigenvalue weighted by molar-refractivity contribution is 8.00. The molecule has 0 fully saturated rings. The number of carbonyl (C=O) groups is 1. The minimum absolute atomic E-state index is 0.0200. The van der Waals surface area contributed by atoms with Crippen LogP contribution < -0.4 is 10.3 Å². The normalized spacial score (nSPS) is 11.2. The van der Waals surface area contributed by atoms with Crippen molar-refractivity contribution in [1.82, 2.24) is 0 Å². The molecule has 0 bridgehead atoms. The average Bonchev–Trinajstić information content (AvgIpc) is 2.28. The minimum Gasteiger partial charge on any atom is -0.459 e. The van der Waals surface area contributed by atoms with Crippen molar-refractivity contribution in [3.63, 3.8) is 0 Å².